The Morgan fingerprint density at radius 2 is 0.681 bits per heavy atom. The van der Waals surface area contributed by atoms with Crippen molar-refractivity contribution in [2.45, 2.75) is 43.9 Å². The molecule has 15 rings (SSSR count). The van der Waals surface area contributed by atoms with Crippen molar-refractivity contribution in [2.75, 3.05) is 0 Å². The Hall–Kier alpha value is -7.64. The normalized spacial score (nSPS) is 15.3. The van der Waals surface area contributed by atoms with Gasteiger partial charge in [0, 0.05) is 22.0 Å². The molecule has 326 valence electrons. The maximum atomic E-state index is 4.82. The number of aromatic nitrogens is 4. The molecule has 0 unspecified atom stereocenters. The monoisotopic (exact) mass is 918 g/mol. The summed E-state index contributed by atoms with van der Waals surface area (Å²) < 4.78 is 18.9. The van der Waals surface area contributed by atoms with Crippen LogP contribution < -0.4 is 0 Å². The van der Waals surface area contributed by atoms with Gasteiger partial charge in [0.2, 0.25) is 0 Å². The van der Waals surface area contributed by atoms with Crippen molar-refractivity contribution in [3.8, 4) is 55.6 Å². The summed E-state index contributed by atoms with van der Waals surface area (Å²) >= 11 is 2.57. The van der Waals surface area contributed by atoms with Gasteiger partial charge in [0.1, 0.15) is 22.1 Å². The summed E-state index contributed by atoms with van der Waals surface area (Å²) in [6.07, 6.45) is 0. The molecule has 0 spiro atoms. The van der Waals surface area contributed by atoms with E-state index in [1.54, 1.807) is 0 Å². The first-order chi connectivity index (χ1) is 33.7. The second-order valence-corrected chi connectivity index (χ2v) is 21.3. The van der Waals surface area contributed by atoms with Crippen molar-refractivity contribution in [1.82, 2.24) is 17.5 Å². The summed E-state index contributed by atoms with van der Waals surface area (Å²) in [5.41, 5.74) is 25.8. The molecular weight excluding hydrogens is 877 g/mol. The van der Waals surface area contributed by atoms with Gasteiger partial charge in [-0.25, -0.2) is 0 Å². The molecule has 0 radical (unpaired) electrons. The second kappa shape index (κ2) is 13.8. The number of hydrogen-bond acceptors (Lipinski definition) is 6. The smallest absolute Gasteiger partial charge is 0.112 e. The van der Waals surface area contributed by atoms with Crippen LogP contribution in [0, 0.1) is 0 Å². The van der Waals surface area contributed by atoms with Gasteiger partial charge in [0.15, 0.2) is 0 Å². The number of fused-ring (bicyclic) bond motifs is 15. The lowest BCUT2D eigenvalue weighted by molar-refractivity contribution is 0.660. The molecule has 2 heterocycles. The number of rotatable bonds is 4. The number of nitrogens with zero attached hydrogens (tertiary/aromatic N) is 4. The van der Waals surface area contributed by atoms with Crippen LogP contribution in [0.25, 0.3) is 99.2 Å². The number of hydrogen-bond donors (Lipinski definition) is 0. The SMILES string of the molecule is CC1(C)c2cc3c(cc2-c2c1cc(-c1cccc4nsnc14)c1ccccc21)C(c1ccccc1)(c1ccccc1)c1cc2c(cc1-3)C(C)(C)c1cc(-c3cccc4nsnc34)c3ccccc3c1-2. The molecule has 0 aliphatic heterocycles. The van der Waals surface area contributed by atoms with Crippen LogP contribution in [0.3, 0.4) is 0 Å². The Balaban J connectivity index is 1.03. The maximum Gasteiger partial charge on any atom is 0.112 e. The predicted molar refractivity (Wildman–Crippen MR) is 287 cm³/mol. The van der Waals surface area contributed by atoms with Gasteiger partial charge < -0.3 is 0 Å². The average molecular weight is 919 g/mol. The minimum atomic E-state index is -0.608. The molecule has 12 aromatic rings. The quantitative estimate of drug-likeness (QED) is 0.176. The highest BCUT2D eigenvalue weighted by Gasteiger charge is 2.51. The average Bonchev–Trinajstić information content (AvgIpc) is 4.21. The molecule has 0 N–H and O–H groups in total. The van der Waals surface area contributed by atoms with E-state index in [2.05, 4.69) is 218 Å². The van der Waals surface area contributed by atoms with Crippen LogP contribution in [-0.4, -0.2) is 17.5 Å². The van der Waals surface area contributed by atoms with E-state index in [9.17, 15) is 0 Å². The summed E-state index contributed by atoms with van der Waals surface area (Å²) in [6, 6.07) is 68.8. The zero-order valence-electron chi connectivity index (χ0n) is 38.4. The lowest BCUT2D eigenvalue weighted by Crippen LogP contribution is -2.29. The summed E-state index contributed by atoms with van der Waals surface area (Å²) in [7, 11) is 0. The van der Waals surface area contributed by atoms with E-state index < -0.39 is 5.41 Å². The van der Waals surface area contributed by atoms with Gasteiger partial charge in [-0.2, -0.15) is 17.5 Å². The van der Waals surface area contributed by atoms with Gasteiger partial charge in [-0.05, 0) is 159 Å². The molecule has 0 amide bonds. The minimum absolute atomic E-state index is 0.297. The second-order valence-electron chi connectivity index (χ2n) is 20.3. The fraction of sp³-hybridized carbons (Fsp3) is 0.111. The first-order valence-electron chi connectivity index (χ1n) is 23.8. The standard InChI is InChI=1S/C63H42N4S2/c1-61(2)49-31-45-46-32-50-48(58-40-24-14-12-22-38(40)44(30-54(58)62(50,3)4)42-26-16-28-56-60(42)67-69-65-56)34-52(46)63(35-17-7-5-8-18-35,36-19-9-6-10-20-36)51(45)33-47(49)57-39-23-13-11-21-37(39)43(29-53(57)61)41-25-15-27-55-59(41)66-68-64-55/h5-34H,1-4H3. The Morgan fingerprint density at radius 3 is 1.12 bits per heavy atom. The topological polar surface area (TPSA) is 51.6 Å². The molecule has 69 heavy (non-hydrogen) atoms. The summed E-state index contributed by atoms with van der Waals surface area (Å²) in [6.45, 7) is 9.72. The van der Waals surface area contributed by atoms with E-state index in [1.807, 2.05) is 0 Å². The molecule has 0 fully saturated rings. The van der Waals surface area contributed by atoms with Crippen molar-refractivity contribution >= 4 is 67.1 Å². The van der Waals surface area contributed by atoms with Crippen LogP contribution in [0.5, 0.6) is 0 Å². The Labute approximate surface area is 408 Å². The van der Waals surface area contributed by atoms with Crippen LogP contribution in [-0.2, 0) is 16.2 Å². The summed E-state index contributed by atoms with van der Waals surface area (Å²) in [5, 5.41) is 5.00. The molecule has 0 bridgehead atoms. The molecule has 0 saturated heterocycles. The van der Waals surface area contributed by atoms with Crippen molar-refractivity contribution in [3.05, 3.63) is 226 Å². The van der Waals surface area contributed by atoms with Crippen molar-refractivity contribution < 1.29 is 0 Å². The fourth-order valence-corrected chi connectivity index (χ4v) is 14.2. The Kier molecular flexibility index (Phi) is 7.85. The maximum absolute atomic E-state index is 4.82. The summed E-state index contributed by atoms with van der Waals surface area (Å²) in [4.78, 5) is 0. The fourth-order valence-electron chi connectivity index (χ4n) is 13.1. The third kappa shape index (κ3) is 5.02. The van der Waals surface area contributed by atoms with Crippen molar-refractivity contribution in [2.24, 2.45) is 0 Å². The number of benzene rings is 10. The highest BCUT2D eigenvalue weighted by Crippen LogP contribution is 2.64. The largest absolute Gasteiger partial charge is 0.173 e. The van der Waals surface area contributed by atoms with Crippen LogP contribution in [0.4, 0.5) is 0 Å². The lowest BCUT2D eigenvalue weighted by Gasteiger charge is -2.34. The van der Waals surface area contributed by atoms with Gasteiger partial charge in [-0.3, -0.25) is 0 Å². The van der Waals surface area contributed by atoms with Gasteiger partial charge >= 0.3 is 0 Å². The minimum Gasteiger partial charge on any atom is -0.173 e. The zero-order valence-corrected chi connectivity index (χ0v) is 40.1. The van der Waals surface area contributed by atoms with Gasteiger partial charge in [0.25, 0.3) is 0 Å². The van der Waals surface area contributed by atoms with Crippen LogP contribution >= 0.6 is 23.5 Å². The highest BCUT2D eigenvalue weighted by atomic mass is 32.1. The third-order valence-corrected chi connectivity index (χ3v) is 17.4. The van der Waals surface area contributed by atoms with E-state index in [0.29, 0.717) is 0 Å². The molecule has 0 atom stereocenters. The van der Waals surface area contributed by atoms with E-state index in [0.717, 1.165) is 33.2 Å². The molecule has 10 aromatic carbocycles. The first-order valence-corrected chi connectivity index (χ1v) is 25.3. The highest BCUT2D eigenvalue weighted by molar-refractivity contribution is 7.00. The first kappa shape index (κ1) is 39.4. The van der Waals surface area contributed by atoms with Crippen LogP contribution in [0.1, 0.15) is 72.2 Å². The molecule has 3 aliphatic rings. The van der Waals surface area contributed by atoms with Crippen molar-refractivity contribution in [3.63, 3.8) is 0 Å². The molecule has 3 aliphatic carbocycles. The molecule has 6 heteroatoms. The third-order valence-electron chi connectivity index (χ3n) is 16.3. The van der Waals surface area contributed by atoms with E-state index in [-0.39, 0.29) is 10.8 Å². The Bertz CT molecular complexity index is 3930. The van der Waals surface area contributed by atoms with E-state index >= 15 is 0 Å². The van der Waals surface area contributed by atoms with E-state index in [1.165, 1.54) is 134 Å². The predicted octanol–water partition coefficient (Wildman–Crippen LogP) is 16.3. The van der Waals surface area contributed by atoms with Gasteiger partial charge in [0.05, 0.1) is 28.9 Å². The Morgan fingerprint density at radius 1 is 0.304 bits per heavy atom. The van der Waals surface area contributed by atoms with E-state index in [4.69, 9.17) is 8.75 Å². The lowest BCUT2D eigenvalue weighted by atomic mass is 9.67. The molecule has 0 saturated carbocycles. The van der Waals surface area contributed by atoms with Crippen molar-refractivity contribution in [1.29, 1.82) is 0 Å². The summed E-state index contributed by atoms with van der Waals surface area (Å²) in [5.74, 6) is 0. The molecule has 2 aromatic heterocycles. The molecular formula is C63H42N4S2. The van der Waals surface area contributed by atoms with Crippen LogP contribution in [0.2, 0.25) is 0 Å². The van der Waals surface area contributed by atoms with Gasteiger partial charge in [-0.1, -0.05) is 161 Å². The molecule has 4 nitrogen and oxygen atoms in total. The van der Waals surface area contributed by atoms with Gasteiger partial charge in [-0.15, -0.1) is 0 Å². The zero-order chi connectivity index (χ0) is 46.0. The van der Waals surface area contributed by atoms with Crippen LogP contribution in [0.15, 0.2) is 182 Å².